The predicted octanol–water partition coefficient (Wildman–Crippen LogP) is 1.05. The molecule has 6 heteroatoms. The average molecular weight is 285 g/mol. The zero-order valence-corrected chi connectivity index (χ0v) is 11.6. The van der Waals surface area contributed by atoms with Gasteiger partial charge in [0.05, 0.1) is 0 Å². The second-order valence-corrected chi connectivity index (χ2v) is 5.14. The minimum absolute atomic E-state index is 0.209. The molecule has 2 N–H and O–H groups in total. The number of carbonyl (C=O) groups is 3. The van der Waals surface area contributed by atoms with Gasteiger partial charge in [-0.3, -0.25) is 19.3 Å². The molecular weight excluding hydrogens is 270 g/mol. The molecule has 0 bridgehead atoms. The van der Waals surface area contributed by atoms with Crippen molar-refractivity contribution < 1.29 is 14.4 Å². The summed E-state index contributed by atoms with van der Waals surface area (Å²) in [6, 6.07) is 6.54. The fourth-order valence-electron chi connectivity index (χ4n) is 2.49. The Balaban J connectivity index is 1.76. The topological polar surface area (TPSA) is 82.3 Å². The first-order chi connectivity index (χ1) is 10.1. The second-order valence-electron chi connectivity index (χ2n) is 5.14. The highest BCUT2D eigenvalue weighted by Crippen LogP contribution is 2.16. The van der Waals surface area contributed by atoms with Gasteiger partial charge < -0.3 is 10.3 Å². The van der Waals surface area contributed by atoms with Gasteiger partial charge in [-0.1, -0.05) is 0 Å². The summed E-state index contributed by atoms with van der Waals surface area (Å²) in [6.45, 7) is 0. The van der Waals surface area contributed by atoms with E-state index in [-0.39, 0.29) is 24.1 Å². The predicted molar refractivity (Wildman–Crippen MR) is 76.6 cm³/mol. The van der Waals surface area contributed by atoms with Crippen molar-refractivity contribution in [2.75, 3.05) is 7.05 Å². The number of fused-ring (bicyclic) bond motifs is 1. The monoisotopic (exact) mass is 285 g/mol. The number of likely N-dealkylation sites (tertiary alicyclic amines) is 1. The molecule has 0 radical (unpaired) electrons. The zero-order valence-electron chi connectivity index (χ0n) is 11.6. The molecule has 1 aliphatic heterocycles. The average Bonchev–Trinajstić information content (AvgIpc) is 2.95. The first kappa shape index (κ1) is 13.4. The molecule has 21 heavy (non-hydrogen) atoms. The Labute approximate surface area is 121 Å². The molecule has 3 rings (SSSR count). The van der Waals surface area contributed by atoms with Gasteiger partial charge in [0.15, 0.2) is 0 Å². The van der Waals surface area contributed by atoms with E-state index in [9.17, 15) is 14.4 Å². The summed E-state index contributed by atoms with van der Waals surface area (Å²) < 4.78 is 0. The smallest absolute Gasteiger partial charge is 0.251 e. The third kappa shape index (κ3) is 2.40. The Hall–Kier alpha value is -2.63. The van der Waals surface area contributed by atoms with E-state index in [1.807, 2.05) is 12.1 Å². The van der Waals surface area contributed by atoms with Crippen LogP contribution in [0.5, 0.6) is 0 Å². The highest BCUT2D eigenvalue weighted by Gasteiger charge is 2.32. The van der Waals surface area contributed by atoms with E-state index < -0.39 is 6.04 Å². The third-order valence-corrected chi connectivity index (χ3v) is 3.77. The molecule has 1 aromatic carbocycles. The lowest BCUT2D eigenvalue weighted by atomic mass is 10.0. The maximum absolute atomic E-state index is 12.2. The van der Waals surface area contributed by atoms with Gasteiger partial charge in [-0.25, -0.2) is 0 Å². The molecule has 2 heterocycles. The van der Waals surface area contributed by atoms with E-state index in [1.165, 1.54) is 7.05 Å². The van der Waals surface area contributed by atoms with Gasteiger partial charge >= 0.3 is 0 Å². The van der Waals surface area contributed by atoms with E-state index in [1.54, 1.807) is 18.3 Å². The fourth-order valence-corrected chi connectivity index (χ4v) is 2.49. The van der Waals surface area contributed by atoms with Crippen molar-refractivity contribution in [1.82, 2.24) is 15.2 Å². The second kappa shape index (κ2) is 5.05. The molecule has 6 nitrogen and oxygen atoms in total. The van der Waals surface area contributed by atoms with Crippen molar-refractivity contribution in [1.29, 1.82) is 0 Å². The van der Waals surface area contributed by atoms with E-state index in [0.29, 0.717) is 12.0 Å². The molecule has 108 valence electrons. The molecular formula is C15H15N3O3. The molecule has 1 unspecified atom stereocenters. The summed E-state index contributed by atoms with van der Waals surface area (Å²) in [7, 11) is 1.44. The summed E-state index contributed by atoms with van der Waals surface area (Å²) in [5, 5.41) is 3.64. The van der Waals surface area contributed by atoms with E-state index in [2.05, 4.69) is 10.3 Å². The maximum atomic E-state index is 12.2. The lowest BCUT2D eigenvalue weighted by Gasteiger charge is -2.28. The van der Waals surface area contributed by atoms with Crippen LogP contribution in [-0.2, 0) is 9.59 Å². The number of amides is 3. The van der Waals surface area contributed by atoms with Crippen LogP contribution < -0.4 is 5.32 Å². The standard InChI is InChI=1S/C15H15N3O3/c1-18-13(19)5-4-12(15(18)21)17-14(20)10-2-3-11-9(8-10)6-7-16-11/h2-3,6-8,12,16H,4-5H2,1H3,(H,17,20). The van der Waals surface area contributed by atoms with Crippen LogP contribution in [-0.4, -0.2) is 40.7 Å². The molecule has 1 aromatic heterocycles. The van der Waals surface area contributed by atoms with Gasteiger partial charge in [-0.05, 0) is 30.7 Å². The molecule has 2 aromatic rings. The first-order valence-corrected chi connectivity index (χ1v) is 6.74. The van der Waals surface area contributed by atoms with Gasteiger partial charge in [0.2, 0.25) is 5.91 Å². The van der Waals surface area contributed by atoms with Crippen molar-refractivity contribution in [3.63, 3.8) is 0 Å². The highest BCUT2D eigenvalue weighted by molar-refractivity contribution is 6.04. The summed E-state index contributed by atoms with van der Waals surface area (Å²) >= 11 is 0. The van der Waals surface area contributed by atoms with Gasteiger partial charge in [-0.2, -0.15) is 0 Å². The molecule has 0 aliphatic carbocycles. The molecule has 1 saturated heterocycles. The molecule has 0 saturated carbocycles. The Morgan fingerprint density at radius 3 is 2.95 bits per heavy atom. The van der Waals surface area contributed by atoms with Crippen molar-refractivity contribution in [2.24, 2.45) is 0 Å². The van der Waals surface area contributed by atoms with Crippen LogP contribution >= 0.6 is 0 Å². The van der Waals surface area contributed by atoms with Gasteiger partial charge in [0.1, 0.15) is 6.04 Å². The Morgan fingerprint density at radius 2 is 2.14 bits per heavy atom. The van der Waals surface area contributed by atoms with Crippen LogP contribution in [0.2, 0.25) is 0 Å². The highest BCUT2D eigenvalue weighted by atomic mass is 16.2. The number of likely N-dealkylation sites (N-methyl/N-ethyl adjacent to an activating group) is 1. The molecule has 1 fully saturated rings. The normalized spacial score (nSPS) is 19.1. The molecule has 0 spiro atoms. The van der Waals surface area contributed by atoms with Crippen molar-refractivity contribution in [2.45, 2.75) is 18.9 Å². The number of hydrogen-bond acceptors (Lipinski definition) is 3. The van der Waals surface area contributed by atoms with Crippen LogP contribution in [0.4, 0.5) is 0 Å². The fraction of sp³-hybridized carbons (Fsp3) is 0.267. The first-order valence-electron chi connectivity index (χ1n) is 6.74. The Kier molecular flexibility index (Phi) is 3.21. The number of H-pyrrole nitrogens is 1. The number of carbonyl (C=O) groups excluding carboxylic acids is 3. The summed E-state index contributed by atoms with van der Waals surface area (Å²) in [6.07, 6.45) is 2.42. The number of hydrogen-bond donors (Lipinski definition) is 2. The number of piperidine rings is 1. The minimum Gasteiger partial charge on any atom is -0.361 e. The van der Waals surface area contributed by atoms with Crippen molar-refractivity contribution >= 4 is 28.6 Å². The number of aromatic amines is 1. The van der Waals surface area contributed by atoms with E-state index >= 15 is 0 Å². The van der Waals surface area contributed by atoms with Crippen LogP contribution in [0, 0.1) is 0 Å². The van der Waals surface area contributed by atoms with Crippen molar-refractivity contribution in [3.8, 4) is 0 Å². The third-order valence-electron chi connectivity index (χ3n) is 3.77. The summed E-state index contributed by atoms with van der Waals surface area (Å²) in [5.74, 6) is -0.874. The van der Waals surface area contributed by atoms with Gasteiger partial charge in [0.25, 0.3) is 11.8 Å². The number of rotatable bonds is 2. The van der Waals surface area contributed by atoms with Crippen LogP contribution in [0.15, 0.2) is 30.5 Å². The van der Waals surface area contributed by atoms with Crippen molar-refractivity contribution in [3.05, 3.63) is 36.0 Å². The van der Waals surface area contributed by atoms with Crippen LogP contribution in [0.1, 0.15) is 23.2 Å². The number of benzene rings is 1. The quantitative estimate of drug-likeness (QED) is 0.809. The SMILES string of the molecule is CN1C(=O)CCC(NC(=O)c2ccc3[nH]ccc3c2)C1=O. The maximum Gasteiger partial charge on any atom is 0.251 e. The van der Waals surface area contributed by atoms with Crippen LogP contribution in [0.25, 0.3) is 10.9 Å². The zero-order chi connectivity index (χ0) is 15.0. The molecule has 3 amide bonds. The molecule has 1 atom stereocenters. The summed E-state index contributed by atoms with van der Waals surface area (Å²) in [5.41, 5.74) is 1.44. The van der Waals surface area contributed by atoms with Crippen LogP contribution in [0.3, 0.4) is 0 Å². The van der Waals surface area contributed by atoms with Gasteiger partial charge in [0, 0.05) is 36.1 Å². The van der Waals surface area contributed by atoms with E-state index in [0.717, 1.165) is 15.8 Å². The lowest BCUT2D eigenvalue weighted by Crippen LogP contribution is -2.52. The Bertz CT molecular complexity index is 735. The molecule has 1 aliphatic rings. The minimum atomic E-state index is -0.637. The lowest BCUT2D eigenvalue weighted by molar-refractivity contribution is -0.147. The largest absolute Gasteiger partial charge is 0.361 e. The van der Waals surface area contributed by atoms with Gasteiger partial charge in [-0.15, -0.1) is 0 Å². The van der Waals surface area contributed by atoms with E-state index in [4.69, 9.17) is 0 Å². The number of nitrogens with zero attached hydrogens (tertiary/aromatic N) is 1. The number of aromatic nitrogens is 1. The Morgan fingerprint density at radius 1 is 1.33 bits per heavy atom. The number of nitrogens with one attached hydrogen (secondary N) is 2. The summed E-state index contributed by atoms with van der Waals surface area (Å²) in [4.78, 5) is 39.7. The number of imide groups is 1.